The molecule has 1 fully saturated rings. The molecule has 1 saturated heterocycles. The third-order valence-electron chi connectivity index (χ3n) is 4.26. The number of carbonyl (C=O) groups is 2. The Kier molecular flexibility index (Phi) is 7.70. The number of aliphatic hydroxyl groups excluding tert-OH is 1. The molecule has 0 bridgehead atoms. The number of allylic oxidation sites excluding steroid dienone is 1. The summed E-state index contributed by atoms with van der Waals surface area (Å²) in [6.45, 7) is -2.57. The molecule has 2 aliphatic heterocycles. The van der Waals surface area contributed by atoms with E-state index >= 15 is 4.39 Å². The van der Waals surface area contributed by atoms with Crippen molar-refractivity contribution < 1.29 is 74.6 Å². The Morgan fingerprint density at radius 2 is 1.78 bits per heavy atom. The number of ether oxygens (including phenoxy) is 1. The van der Waals surface area contributed by atoms with Crippen molar-refractivity contribution in [3.63, 3.8) is 0 Å². The van der Waals surface area contributed by atoms with Gasteiger partial charge in [0.25, 0.3) is 0 Å². The second-order valence-electron chi connectivity index (χ2n) is 6.85. The van der Waals surface area contributed by atoms with E-state index in [0.29, 0.717) is 11.8 Å². The lowest BCUT2D eigenvalue weighted by Gasteiger charge is -2.33. The van der Waals surface area contributed by atoms with Crippen LogP contribution in [0.5, 0.6) is 0 Å². The molecule has 0 radical (unpaired) electrons. The highest BCUT2D eigenvalue weighted by atomic mass is 31.3. The van der Waals surface area contributed by atoms with Crippen molar-refractivity contribution in [1.82, 2.24) is 4.90 Å². The fourth-order valence-electron chi connectivity index (χ4n) is 2.89. The molecule has 15 nitrogen and oxygen atoms in total. The van der Waals surface area contributed by atoms with Gasteiger partial charge in [-0.1, -0.05) is 0 Å². The van der Waals surface area contributed by atoms with Crippen molar-refractivity contribution in [2.75, 3.05) is 13.3 Å². The molecule has 2 unspecified atom stereocenters. The number of ketones is 1. The molecular formula is C12H18F2NO14P3. The molecule has 0 aliphatic carbocycles. The molecule has 184 valence electrons. The van der Waals surface area contributed by atoms with Crippen LogP contribution >= 0.6 is 23.5 Å². The predicted octanol–water partition coefficient (Wildman–Crippen LogP) is -0.202. The van der Waals surface area contributed by atoms with E-state index in [9.17, 15) is 37.7 Å². The molecule has 2 heterocycles. The second kappa shape index (κ2) is 9.02. The average molecular weight is 531 g/mol. The summed E-state index contributed by atoms with van der Waals surface area (Å²) in [6, 6.07) is 0. The number of amides is 1. The van der Waals surface area contributed by atoms with Crippen molar-refractivity contribution in [1.29, 1.82) is 0 Å². The predicted molar refractivity (Wildman–Crippen MR) is 94.5 cm³/mol. The molecule has 2 rings (SSSR count). The van der Waals surface area contributed by atoms with Gasteiger partial charge in [-0.3, -0.25) is 19.0 Å². The molecule has 0 saturated carbocycles. The number of halogens is 2. The van der Waals surface area contributed by atoms with Gasteiger partial charge >= 0.3 is 23.5 Å². The van der Waals surface area contributed by atoms with Crippen molar-refractivity contribution >= 4 is 35.2 Å². The van der Waals surface area contributed by atoms with Crippen LogP contribution in [0.1, 0.15) is 13.3 Å². The number of carbonyl (C=O) groups excluding carboxylic acids is 2. The van der Waals surface area contributed by atoms with Crippen LogP contribution in [-0.2, 0) is 41.2 Å². The smallest absolute Gasteiger partial charge is 0.386 e. The van der Waals surface area contributed by atoms with Gasteiger partial charge in [-0.15, -0.1) is 0 Å². The monoisotopic (exact) mass is 531 g/mol. The Balaban J connectivity index is 2.22. The quantitative estimate of drug-likeness (QED) is 0.192. The van der Waals surface area contributed by atoms with Crippen LogP contribution < -0.4 is 0 Å². The first-order chi connectivity index (χ1) is 14.3. The zero-order valence-corrected chi connectivity index (χ0v) is 18.6. The highest BCUT2D eigenvalue weighted by Crippen LogP contribution is 2.66. The lowest BCUT2D eigenvalue weighted by atomic mass is 9.89. The Hall–Kier alpha value is -0.930. The van der Waals surface area contributed by atoms with Gasteiger partial charge in [-0.2, -0.15) is 8.62 Å². The SMILES string of the molecule is C[C@@]1(F)[C@H](O)[C@@](CF)(COP(=O)(O)OP(=O)(O)OP(=O)(O)O)O[C@H]1N1C=CC(=O)CC1=O. The minimum atomic E-state index is -5.88. The Morgan fingerprint density at radius 1 is 1.19 bits per heavy atom. The van der Waals surface area contributed by atoms with E-state index in [4.69, 9.17) is 19.4 Å². The average Bonchev–Trinajstić information content (AvgIpc) is 2.78. The summed E-state index contributed by atoms with van der Waals surface area (Å²) < 4.78 is 79.2. The summed E-state index contributed by atoms with van der Waals surface area (Å²) in [4.78, 5) is 59.4. The zero-order valence-electron chi connectivity index (χ0n) is 15.9. The Bertz CT molecular complexity index is 951. The first-order valence-corrected chi connectivity index (χ1v) is 12.8. The number of alkyl halides is 2. The van der Waals surface area contributed by atoms with Crippen LogP contribution in [0.2, 0.25) is 0 Å². The number of hydrogen-bond donors (Lipinski definition) is 5. The maximum absolute atomic E-state index is 15.2. The van der Waals surface area contributed by atoms with Gasteiger partial charge in [0.2, 0.25) is 5.91 Å². The third kappa shape index (κ3) is 6.14. The van der Waals surface area contributed by atoms with E-state index in [1.54, 1.807) is 0 Å². The zero-order chi connectivity index (χ0) is 24.8. The number of nitrogens with zero attached hydrogens (tertiary/aromatic N) is 1. The van der Waals surface area contributed by atoms with Gasteiger partial charge in [0.05, 0.1) is 13.0 Å². The first kappa shape index (κ1) is 27.3. The highest BCUT2D eigenvalue weighted by molar-refractivity contribution is 7.66. The van der Waals surface area contributed by atoms with Crippen LogP contribution in [0.25, 0.3) is 0 Å². The minimum absolute atomic E-state index is 0.562. The van der Waals surface area contributed by atoms with Crippen molar-refractivity contribution in [3.05, 3.63) is 12.3 Å². The fourth-order valence-corrected chi connectivity index (χ4v) is 5.96. The number of rotatable bonds is 9. The summed E-state index contributed by atoms with van der Waals surface area (Å²) in [5, 5.41) is 10.3. The highest BCUT2D eigenvalue weighted by Gasteiger charge is 2.65. The maximum atomic E-state index is 15.2. The van der Waals surface area contributed by atoms with Crippen LogP contribution in [-0.4, -0.2) is 78.2 Å². The second-order valence-corrected chi connectivity index (χ2v) is 11.3. The molecule has 2 aliphatic rings. The summed E-state index contributed by atoms with van der Waals surface area (Å²) in [6.07, 6.45) is -3.41. The molecule has 0 aromatic heterocycles. The van der Waals surface area contributed by atoms with Crippen LogP contribution in [0, 0.1) is 0 Å². The molecule has 1 amide bonds. The fraction of sp³-hybridized carbons (Fsp3) is 0.667. The summed E-state index contributed by atoms with van der Waals surface area (Å²) in [5.74, 6) is -1.57. The number of phosphoric ester groups is 1. The molecule has 0 aromatic carbocycles. The van der Waals surface area contributed by atoms with E-state index < -0.39 is 78.5 Å². The van der Waals surface area contributed by atoms with Crippen molar-refractivity contribution in [2.45, 2.75) is 36.9 Å². The molecule has 5 N–H and O–H groups in total. The lowest BCUT2D eigenvalue weighted by molar-refractivity contribution is -0.165. The van der Waals surface area contributed by atoms with Gasteiger partial charge < -0.3 is 29.4 Å². The van der Waals surface area contributed by atoms with Gasteiger partial charge in [0.15, 0.2) is 23.3 Å². The molecule has 32 heavy (non-hydrogen) atoms. The summed E-state index contributed by atoms with van der Waals surface area (Å²) >= 11 is 0. The topological polar surface area (TPSA) is 227 Å². The molecular weight excluding hydrogens is 513 g/mol. The van der Waals surface area contributed by atoms with Crippen LogP contribution in [0.4, 0.5) is 8.78 Å². The standard InChI is InChI=1S/C12H18F2NO14P3/c1-11(14)9(18)12(5-13,27-10(11)15-3-2-7(16)4-8(15)17)6-26-31(22,23)29-32(24,25)28-30(19,20)21/h2-3,9-10,18H,4-6H2,1H3,(H,22,23)(H,24,25)(H2,19,20,21)/t9-,10+,11+,12+/m0/s1. The molecule has 0 spiro atoms. The van der Waals surface area contributed by atoms with Crippen LogP contribution in [0.15, 0.2) is 12.3 Å². The van der Waals surface area contributed by atoms with Gasteiger partial charge in [0, 0.05) is 6.20 Å². The lowest BCUT2D eigenvalue weighted by Crippen LogP contribution is -2.53. The largest absolute Gasteiger partial charge is 0.490 e. The number of phosphoric acid groups is 3. The van der Waals surface area contributed by atoms with E-state index in [1.807, 2.05) is 0 Å². The molecule has 20 heteroatoms. The first-order valence-electron chi connectivity index (χ1n) is 8.25. The Labute approximate surface area is 178 Å². The number of hydrogen-bond acceptors (Lipinski definition) is 10. The van der Waals surface area contributed by atoms with Crippen LogP contribution in [0.3, 0.4) is 0 Å². The minimum Gasteiger partial charge on any atom is -0.386 e. The van der Waals surface area contributed by atoms with Crippen molar-refractivity contribution in [3.8, 4) is 0 Å². The number of aliphatic hydroxyl groups is 1. The summed E-state index contributed by atoms with van der Waals surface area (Å²) in [5.41, 5.74) is -5.67. The maximum Gasteiger partial charge on any atom is 0.490 e. The van der Waals surface area contributed by atoms with E-state index in [1.165, 1.54) is 0 Å². The molecule has 0 aromatic rings. The van der Waals surface area contributed by atoms with Gasteiger partial charge in [-0.05, 0) is 13.0 Å². The van der Waals surface area contributed by atoms with Gasteiger partial charge in [0.1, 0.15) is 12.8 Å². The third-order valence-corrected chi connectivity index (χ3v) is 8.05. The van der Waals surface area contributed by atoms with E-state index in [0.717, 1.165) is 12.3 Å². The normalized spacial score (nSPS) is 35.1. The van der Waals surface area contributed by atoms with Crippen molar-refractivity contribution in [2.24, 2.45) is 0 Å². The van der Waals surface area contributed by atoms with E-state index in [2.05, 4.69) is 13.1 Å². The Morgan fingerprint density at radius 3 is 2.28 bits per heavy atom. The van der Waals surface area contributed by atoms with E-state index in [-0.39, 0.29) is 0 Å². The van der Waals surface area contributed by atoms with Gasteiger partial charge in [-0.25, -0.2) is 22.5 Å². The molecule has 6 atom stereocenters. The summed E-state index contributed by atoms with van der Waals surface area (Å²) in [7, 11) is -17.3.